The Hall–Kier alpha value is -2.89. The van der Waals surface area contributed by atoms with Crippen LogP contribution in [0, 0.1) is 0 Å². The molecule has 0 spiro atoms. The molecule has 1 aliphatic rings. The Labute approximate surface area is 139 Å². The summed E-state index contributed by atoms with van der Waals surface area (Å²) < 4.78 is 1.37. The summed E-state index contributed by atoms with van der Waals surface area (Å²) in [5.74, 6) is -0.315. The number of nitrogens with one attached hydrogen (secondary N) is 1. The van der Waals surface area contributed by atoms with Crippen LogP contribution in [0.4, 0.5) is 11.4 Å². The van der Waals surface area contributed by atoms with Gasteiger partial charge in [-0.2, -0.15) is 0 Å². The molecular formula is C18H19N3O3. The molecule has 1 aromatic carbocycles. The van der Waals surface area contributed by atoms with Crippen molar-refractivity contribution in [3.05, 3.63) is 58.0 Å². The van der Waals surface area contributed by atoms with E-state index in [4.69, 9.17) is 0 Å². The van der Waals surface area contributed by atoms with Gasteiger partial charge in [0, 0.05) is 37.6 Å². The van der Waals surface area contributed by atoms with Gasteiger partial charge in [-0.1, -0.05) is 0 Å². The maximum Gasteiger partial charge on any atom is 0.263 e. The van der Waals surface area contributed by atoms with Crippen molar-refractivity contribution in [3.63, 3.8) is 0 Å². The third-order valence-corrected chi connectivity index (χ3v) is 4.22. The molecule has 0 aliphatic carbocycles. The Balaban J connectivity index is 1.87. The third kappa shape index (κ3) is 2.82. The van der Waals surface area contributed by atoms with Crippen LogP contribution in [0.5, 0.6) is 0 Å². The molecule has 2 heterocycles. The van der Waals surface area contributed by atoms with Crippen molar-refractivity contribution >= 4 is 23.2 Å². The van der Waals surface area contributed by atoms with Gasteiger partial charge in [-0.3, -0.25) is 14.4 Å². The number of aryl methyl sites for hydroxylation is 2. The number of nitrogens with zero attached hydrogens (tertiary/aromatic N) is 2. The zero-order valence-electron chi connectivity index (χ0n) is 13.7. The van der Waals surface area contributed by atoms with Gasteiger partial charge < -0.3 is 14.8 Å². The Morgan fingerprint density at radius 2 is 2.00 bits per heavy atom. The molecule has 1 aromatic heterocycles. The minimum atomic E-state index is -0.435. The topological polar surface area (TPSA) is 71.4 Å². The van der Waals surface area contributed by atoms with Gasteiger partial charge in [0.15, 0.2) is 0 Å². The van der Waals surface area contributed by atoms with Gasteiger partial charge in [-0.05, 0) is 49.2 Å². The van der Waals surface area contributed by atoms with Crippen molar-refractivity contribution < 1.29 is 9.59 Å². The van der Waals surface area contributed by atoms with Crippen molar-refractivity contribution in [1.29, 1.82) is 0 Å². The third-order valence-electron chi connectivity index (χ3n) is 4.22. The fourth-order valence-corrected chi connectivity index (χ4v) is 2.95. The first kappa shape index (κ1) is 16.0. The quantitative estimate of drug-likeness (QED) is 0.937. The summed E-state index contributed by atoms with van der Waals surface area (Å²) in [5, 5.41) is 2.76. The molecule has 0 saturated carbocycles. The predicted octanol–water partition coefficient (Wildman–Crippen LogP) is 1.94. The maximum atomic E-state index is 12.3. The van der Waals surface area contributed by atoms with E-state index in [0.29, 0.717) is 25.1 Å². The molecule has 2 aromatic rings. The Morgan fingerprint density at radius 3 is 2.75 bits per heavy atom. The van der Waals surface area contributed by atoms with E-state index in [1.54, 1.807) is 30.3 Å². The minimum Gasteiger partial charge on any atom is -0.322 e. The summed E-state index contributed by atoms with van der Waals surface area (Å²) in [6.45, 7) is 2.56. The van der Waals surface area contributed by atoms with Crippen molar-refractivity contribution in [2.45, 2.75) is 19.8 Å². The Bertz CT molecular complexity index is 870. The van der Waals surface area contributed by atoms with Crippen LogP contribution in [-0.2, 0) is 18.3 Å². The summed E-state index contributed by atoms with van der Waals surface area (Å²) in [4.78, 5) is 38.0. The lowest BCUT2D eigenvalue weighted by atomic mass is 10.0. The highest BCUT2D eigenvalue weighted by Crippen LogP contribution is 2.30. The standard InChI is InChI=1S/C18H19N3O3/c1-3-21-15-8-7-13(11-12(15)6-9-16(21)22)19-17(23)14-5-4-10-20(2)18(14)24/h4-5,7-8,10-11H,3,6,9H2,1-2H3,(H,19,23). The number of carbonyl (C=O) groups is 2. The smallest absolute Gasteiger partial charge is 0.263 e. The average Bonchev–Trinajstić information content (AvgIpc) is 2.57. The maximum absolute atomic E-state index is 12.3. The number of rotatable bonds is 3. The van der Waals surface area contributed by atoms with Crippen molar-refractivity contribution in [2.75, 3.05) is 16.8 Å². The number of hydrogen-bond acceptors (Lipinski definition) is 3. The molecule has 0 fully saturated rings. The van der Waals surface area contributed by atoms with Crippen LogP contribution in [0.3, 0.4) is 0 Å². The van der Waals surface area contributed by atoms with Gasteiger partial charge in [0.05, 0.1) is 0 Å². The van der Waals surface area contributed by atoms with Crippen LogP contribution in [0.2, 0.25) is 0 Å². The molecular weight excluding hydrogens is 306 g/mol. The fourth-order valence-electron chi connectivity index (χ4n) is 2.95. The first-order valence-corrected chi connectivity index (χ1v) is 7.91. The lowest BCUT2D eigenvalue weighted by molar-refractivity contribution is -0.118. The second-order valence-corrected chi connectivity index (χ2v) is 5.77. The number of benzene rings is 1. The van der Waals surface area contributed by atoms with E-state index in [9.17, 15) is 14.4 Å². The van der Waals surface area contributed by atoms with Crippen LogP contribution < -0.4 is 15.8 Å². The van der Waals surface area contributed by atoms with Crippen LogP contribution in [0.25, 0.3) is 0 Å². The molecule has 124 valence electrons. The summed E-state index contributed by atoms with van der Waals surface area (Å²) >= 11 is 0. The van der Waals surface area contributed by atoms with Crippen molar-refractivity contribution in [3.8, 4) is 0 Å². The van der Waals surface area contributed by atoms with Crippen LogP contribution in [0.1, 0.15) is 29.3 Å². The Morgan fingerprint density at radius 1 is 1.21 bits per heavy atom. The zero-order chi connectivity index (χ0) is 17.3. The second-order valence-electron chi connectivity index (χ2n) is 5.77. The summed E-state index contributed by atoms with van der Waals surface area (Å²) in [7, 11) is 1.61. The second kappa shape index (κ2) is 6.31. The highest BCUT2D eigenvalue weighted by atomic mass is 16.2. The molecule has 0 atom stereocenters. The molecule has 1 aliphatic heterocycles. The number of anilines is 2. The number of fused-ring (bicyclic) bond motifs is 1. The summed E-state index contributed by atoms with van der Waals surface area (Å²) in [6.07, 6.45) is 2.73. The molecule has 1 N–H and O–H groups in total. The lowest BCUT2D eigenvalue weighted by Crippen LogP contribution is -2.34. The monoisotopic (exact) mass is 325 g/mol. The molecule has 6 nitrogen and oxygen atoms in total. The molecule has 0 radical (unpaired) electrons. The molecule has 0 unspecified atom stereocenters. The molecule has 6 heteroatoms. The average molecular weight is 325 g/mol. The van der Waals surface area contributed by atoms with Gasteiger partial charge in [0.25, 0.3) is 11.5 Å². The highest BCUT2D eigenvalue weighted by Gasteiger charge is 2.23. The zero-order valence-corrected chi connectivity index (χ0v) is 13.7. The first-order valence-electron chi connectivity index (χ1n) is 7.91. The van der Waals surface area contributed by atoms with Gasteiger partial charge in [-0.25, -0.2) is 0 Å². The largest absolute Gasteiger partial charge is 0.322 e. The number of pyridine rings is 1. The normalized spacial score (nSPS) is 13.6. The summed E-state index contributed by atoms with van der Waals surface area (Å²) in [5.41, 5.74) is 2.30. The number of amides is 2. The van der Waals surface area contributed by atoms with E-state index in [2.05, 4.69) is 5.32 Å². The summed E-state index contributed by atoms with van der Waals surface area (Å²) in [6, 6.07) is 8.64. The van der Waals surface area contributed by atoms with Gasteiger partial charge in [0.1, 0.15) is 5.56 Å². The number of carbonyl (C=O) groups excluding carboxylic acids is 2. The fraction of sp³-hybridized carbons (Fsp3) is 0.278. The van der Waals surface area contributed by atoms with Crippen molar-refractivity contribution in [1.82, 2.24) is 4.57 Å². The molecule has 3 rings (SSSR count). The van der Waals surface area contributed by atoms with E-state index in [0.717, 1.165) is 11.3 Å². The first-order chi connectivity index (χ1) is 11.5. The van der Waals surface area contributed by atoms with E-state index < -0.39 is 5.91 Å². The highest BCUT2D eigenvalue weighted by molar-refractivity contribution is 6.04. The minimum absolute atomic E-state index is 0.100. The lowest BCUT2D eigenvalue weighted by Gasteiger charge is -2.28. The molecule has 0 saturated heterocycles. The van der Waals surface area contributed by atoms with E-state index in [-0.39, 0.29) is 17.0 Å². The number of hydrogen-bond donors (Lipinski definition) is 1. The van der Waals surface area contributed by atoms with Gasteiger partial charge in [-0.15, -0.1) is 0 Å². The Kier molecular flexibility index (Phi) is 4.20. The van der Waals surface area contributed by atoms with Crippen molar-refractivity contribution in [2.24, 2.45) is 7.05 Å². The van der Waals surface area contributed by atoms with Crippen LogP contribution >= 0.6 is 0 Å². The SMILES string of the molecule is CCN1C(=O)CCc2cc(NC(=O)c3cccn(C)c3=O)ccc21. The van der Waals surface area contributed by atoms with Crippen LogP contribution in [0.15, 0.2) is 41.3 Å². The van der Waals surface area contributed by atoms with E-state index in [1.165, 1.54) is 10.6 Å². The molecule has 0 bridgehead atoms. The van der Waals surface area contributed by atoms with Crippen LogP contribution in [-0.4, -0.2) is 22.9 Å². The van der Waals surface area contributed by atoms with E-state index in [1.807, 2.05) is 19.1 Å². The van der Waals surface area contributed by atoms with Gasteiger partial charge in [0.2, 0.25) is 5.91 Å². The predicted molar refractivity (Wildman–Crippen MR) is 92.4 cm³/mol. The van der Waals surface area contributed by atoms with Gasteiger partial charge >= 0.3 is 0 Å². The molecule has 2 amide bonds. The van der Waals surface area contributed by atoms with E-state index >= 15 is 0 Å². The molecule has 24 heavy (non-hydrogen) atoms. The number of aromatic nitrogens is 1.